The normalized spacial score (nSPS) is 20.6. The molecule has 0 bridgehead atoms. The predicted molar refractivity (Wildman–Crippen MR) is 106 cm³/mol. The summed E-state index contributed by atoms with van der Waals surface area (Å²) in [6.07, 6.45) is 0.695. The van der Waals surface area contributed by atoms with Gasteiger partial charge in [0.05, 0.1) is 31.5 Å². The van der Waals surface area contributed by atoms with Gasteiger partial charge in [-0.3, -0.25) is 9.69 Å². The number of morpholine rings is 1. The van der Waals surface area contributed by atoms with E-state index in [9.17, 15) is 4.79 Å². The van der Waals surface area contributed by atoms with E-state index in [1.165, 1.54) is 0 Å². The Bertz CT molecular complexity index is 817. The molecule has 0 aliphatic carbocycles. The fourth-order valence-corrected chi connectivity index (χ4v) is 3.64. The molecule has 140 valence electrons. The smallest absolute Gasteiger partial charge is 0.257 e. The van der Waals surface area contributed by atoms with Gasteiger partial charge in [0.2, 0.25) is 0 Å². The van der Waals surface area contributed by atoms with Crippen LogP contribution in [0.4, 0.5) is 0 Å². The molecule has 0 N–H and O–H groups in total. The van der Waals surface area contributed by atoms with Crippen molar-refractivity contribution in [2.45, 2.75) is 12.5 Å². The molecule has 1 atom stereocenters. The zero-order chi connectivity index (χ0) is 18.6. The van der Waals surface area contributed by atoms with Gasteiger partial charge in [-0.2, -0.15) is 5.10 Å². The number of amides is 1. The number of nitrogens with zero attached hydrogens (tertiary/aromatic N) is 3. The molecule has 1 amide bonds. The molecule has 2 aromatic rings. The van der Waals surface area contributed by atoms with Crippen LogP contribution >= 0.6 is 11.6 Å². The number of rotatable bonds is 4. The number of hydrogen-bond donors (Lipinski definition) is 0. The van der Waals surface area contributed by atoms with Crippen LogP contribution in [0.2, 0.25) is 5.02 Å². The van der Waals surface area contributed by atoms with E-state index in [0.29, 0.717) is 31.2 Å². The van der Waals surface area contributed by atoms with Gasteiger partial charge in [0, 0.05) is 24.5 Å². The highest BCUT2D eigenvalue weighted by atomic mass is 35.5. The lowest BCUT2D eigenvalue weighted by Crippen LogP contribution is -2.43. The summed E-state index contributed by atoms with van der Waals surface area (Å²) in [7, 11) is 0. The molecule has 0 radical (unpaired) electrons. The number of hydrogen-bond acceptors (Lipinski definition) is 4. The molecule has 4 rings (SSSR count). The molecule has 2 aliphatic heterocycles. The van der Waals surface area contributed by atoms with E-state index in [1.807, 2.05) is 42.5 Å². The first kappa shape index (κ1) is 18.2. The Kier molecular flexibility index (Phi) is 5.53. The minimum Gasteiger partial charge on any atom is -0.379 e. The Balaban J connectivity index is 1.58. The number of ether oxygens (including phenoxy) is 1. The van der Waals surface area contributed by atoms with Crippen molar-refractivity contribution in [2.75, 3.05) is 32.8 Å². The molecule has 0 saturated carbocycles. The Morgan fingerprint density at radius 2 is 1.78 bits per heavy atom. The van der Waals surface area contributed by atoms with Crippen LogP contribution in [-0.2, 0) is 9.53 Å². The molecule has 0 aromatic heterocycles. The third kappa shape index (κ3) is 4.21. The highest BCUT2D eigenvalue weighted by Gasteiger charge is 2.33. The van der Waals surface area contributed by atoms with Crippen LogP contribution in [0, 0.1) is 0 Å². The maximum Gasteiger partial charge on any atom is 0.257 e. The van der Waals surface area contributed by atoms with Gasteiger partial charge in [0.1, 0.15) is 0 Å². The van der Waals surface area contributed by atoms with Gasteiger partial charge >= 0.3 is 0 Å². The summed E-state index contributed by atoms with van der Waals surface area (Å²) in [5, 5.41) is 7.06. The standard InChI is InChI=1S/C21H22ClN3O2/c22-18-8-6-16(7-9-18)19-14-20(17-4-2-1-3-5-17)25(23-19)21(26)15-24-10-12-27-13-11-24/h1-9,20H,10-15H2. The maximum absolute atomic E-state index is 13.0. The van der Waals surface area contributed by atoms with Gasteiger partial charge in [0.25, 0.3) is 5.91 Å². The summed E-state index contributed by atoms with van der Waals surface area (Å²) in [6.45, 7) is 3.28. The van der Waals surface area contributed by atoms with Crippen molar-refractivity contribution >= 4 is 23.2 Å². The molecular formula is C21H22ClN3O2. The van der Waals surface area contributed by atoms with E-state index in [2.05, 4.69) is 17.0 Å². The van der Waals surface area contributed by atoms with E-state index in [4.69, 9.17) is 21.4 Å². The highest BCUT2D eigenvalue weighted by molar-refractivity contribution is 6.30. The fourth-order valence-electron chi connectivity index (χ4n) is 3.51. The zero-order valence-corrected chi connectivity index (χ0v) is 15.8. The van der Waals surface area contributed by atoms with E-state index in [-0.39, 0.29) is 11.9 Å². The van der Waals surface area contributed by atoms with E-state index in [1.54, 1.807) is 5.01 Å². The lowest BCUT2D eigenvalue weighted by molar-refractivity contribution is -0.135. The van der Waals surface area contributed by atoms with Crippen molar-refractivity contribution in [3.8, 4) is 0 Å². The topological polar surface area (TPSA) is 45.1 Å². The number of benzene rings is 2. The molecule has 2 aliphatic rings. The average molecular weight is 384 g/mol. The molecule has 2 heterocycles. The van der Waals surface area contributed by atoms with Crippen LogP contribution in [0.5, 0.6) is 0 Å². The molecule has 1 saturated heterocycles. The Morgan fingerprint density at radius 1 is 1.07 bits per heavy atom. The third-order valence-corrected chi connectivity index (χ3v) is 5.24. The summed E-state index contributed by atoms with van der Waals surface area (Å²) < 4.78 is 5.38. The van der Waals surface area contributed by atoms with Crippen molar-refractivity contribution in [1.82, 2.24) is 9.91 Å². The van der Waals surface area contributed by atoms with Crippen molar-refractivity contribution < 1.29 is 9.53 Å². The lowest BCUT2D eigenvalue weighted by atomic mass is 9.98. The SMILES string of the molecule is O=C(CN1CCOCC1)N1N=C(c2ccc(Cl)cc2)CC1c1ccccc1. The summed E-state index contributed by atoms with van der Waals surface area (Å²) in [4.78, 5) is 15.2. The second-order valence-electron chi connectivity index (χ2n) is 6.81. The first-order chi connectivity index (χ1) is 13.2. The van der Waals surface area contributed by atoms with Crippen LogP contribution < -0.4 is 0 Å². The summed E-state index contributed by atoms with van der Waals surface area (Å²) >= 11 is 6.01. The van der Waals surface area contributed by atoms with Crippen LogP contribution in [0.15, 0.2) is 59.7 Å². The largest absolute Gasteiger partial charge is 0.379 e. The summed E-state index contributed by atoms with van der Waals surface area (Å²) in [5.74, 6) is 0.0229. The van der Waals surface area contributed by atoms with Crippen molar-refractivity contribution in [3.63, 3.8) is 0 Å². The summed E-state index contributed by atoms with van der Waals surface area (Å²) in [6, 6.07) is 17.6. The minimum absolute atomic E-state index is 0.0229. The van der Waals surface area contributed by atoms with Crippen molar-refractivity contribution in [1.29, 1.82) is 0 Å². The second-order valence-corrected chi connectivity index (χ2v) is 7.25. The zero-order valence-electron chi connectivity index (χ0n) is 15.1. The van der Waals surface area contributed by atoms with E-state index >= 15 is 0 Å². The second kappa shape index (κ2) is 8.21. The molecule has 2 aromatic carbocycles. The lowest BCUT2D eigenvalue weighted by Gasteiger charge is -2.29. The molecule has 0 spiro atoms. The first-order valence-electron chi connectivity index (χ1n) is 9.21. The molecule has 27 heavy (non-hydrogen) atoms. The van der Waals surface area contributed by atoms with E-state index in [0.717, 1.165) is 29.9 Å². The van der Waals surface area contributed by atoms with Crippen LogP contribution in [-0.4, -0.2) is 54.4 Å². The van der Waals surface area contributed by atoms with Gasteiger partial charge in [-0.25, -0.2) is 5.01 Å². The van der Waals surface area contributed by atoms with Crippen LogP contribution in [0.25, 0.3) is 0 Å². The van der Waals surface area contributed by atoms with Crippen molar-refractivity contribution in [3.05, 3.63) is 70.7 Å². The minimum atomic E-state index is -0.0783. The van der Waals surface area contributed by atoms with Gasteiger partial charge in [-0.1, -0.05) is 54.1 Å². The summed E-state index contributed by atoms with van der Waals surface area (Å²) in [5.41, 5.74) is 3.01. The number of hydrazone groups is 1. The average Bonchev–Trinajstić information content (AvgIpc) is 3.16. The highest BCUT2D eigenvalue weighted by Crippen LogP contribution is 2.33. The quantitative estimate of drug-likeness (QED) is 0.813. The Hall–Kier alpha value is -2.21. The Morgan fingerprint density at radius 3 is 2.48 bits per heavy atom. The van der Waals surface area contributed by atoms with Crippen LogP contribution in [0.1, 0.15) is 23.6 Å². The molecular weight excluding hydrogens is 362 g/mol. The molecule has 5 nitrogen and oxygen atoms in total. The van der Waals surface area contributed by atoms with Gasteiger partial charge in [-0.05, 0) is 23.3 Å². The predicted octanol–water partition coefficient (Wildman–Crippen LogP) is 3.35. The van der Waals surface area contributed by atoms with Gasteiger partial charge < -0.3 is 4.74 Å². The van der Waals surface area contributed by atoms with E-state index < -0.39 is 0 Å². The maximum atomic E-state index is 13.0. The fraction of sp³-hybridized carbons (Fsp3) is 0.333. The Labute approximate surface area is 164 Å². The monoisotopic (exact) mass is 383 g/mol. The number of halogens is 1. The number of carbonyl (C=O) groups is 1. The number of carbonyl (C=O) groups excluding carboxylic acids is 1. The van der Waals surface area contributed by atoms with Gasteiger partial charge in [0.15, 0.2) is 0 Å². The van der Waals surface area contributed by atoms with Crippen molar-refractivity contribution in [2.24, 2.45) is 5.10 Å². The van der Waals surface area contributed by atoms with Gasteiger partial charge in [-0.15, -0.1) is 0 Å². The molecule has 6 heteroatoms. The van der Waals surface area contributed by atoms with Crippen LogP contribution in [0.3, 0.4) is 0 Å². The third-order valence-electron chi connectivity index (χ3n) is 4.99. The molecule has 1 fully saturated rings. The molecule has 1 unspecified atom stereocenters. The first-order valence-corrected chi connectivity index (χ1v) is 9.59.